The molecule has 0 saturated heterocycles. The Morgan fingerprint density at radius 1 is 1.26 bits per heavy atom. The first-order valence-electron chi connectivity index (χ1n) is 8.91. The van der Waals surface area contributed by atoms with Crippen LogP contribution in [0.15, 0.2) is 43.0 Å². The van der Waals surface area contributed by atoms with Gasteiger partial charge in [0.15, 0.2) is 11.5 Å². The van der Waals surface area contributed by atoms with Gasteiger partial charge in [-0.05, 0) is 24.6 Å². The molecular formula is C19H21N5O3. The van der Waals surface area contributed by atoms with Gasteiger partial charge in [0.05, 0.1) is 11.9 Å². The van der Waals surface area contributed by atoms with Crippen molar-refractivity contribution < 1.29 is 14.3 Å². The summed E-state index contributed by atoms with van der Waals surface area (Å²) >= 11 is 0. The molecule has 4 rings (SSSR count). The largest absolute Gasteiger partial charge is 0.486 e. The summed E-state index contributed by atoms with van der Waals surface area (Å²) in [5.74, 6) is 2.33. The molecule has 1 aliphatic rings. The van der Waals surface area contributed by atoms with Crippen molar-refractivity contribution in [2.45, 2.75) is 19.4 Å². The zero-order chi connectivity index (χ0) is 18.6. The van der Waals surface area contributed by atoms with E-state index in [1.165, 1.54) is 0 Å². The van der Waals surface area contributed by atoms with Gasteiger partial charge in [0.2, 0.25) is 5.91 Å². The smallest absolute Gasteiger partial charge is 0.219 e. The molecule has 0 radical (unpaired) electrons. The van der Waals surface area contributed by atoms with Gasteiger partial charge in [0.1, 0.15) is 19.0 Å². The van der Waals surface area contributed by atoms with Crippen molar-refractivity contribution in [3.05, 3.63) is 43.0 Å². The van der Waals surface area contributed by atoms with Gasteiger partial charge in [-0.1, -0.05) is 0 Å². The number of rotatable bonds is 6. The molecule has 140 valence electrons. The summed E-state index contributed by atoms with van der Waals surface area (Å²) in [6.45, 7) is 1.80. The number of ether oxygens (including phenoxy) is 2. The van der Waals surface area contributed by atoms with Crippen LogP contribution in [0.1, 0.15) is 12.8 Å². The summed E-state index contributed by atoms with van der Waals surface area (Å²) < 4.78 is 15.1. The molecule has 3 aromatic rings. The third kappa shape index (κ3) is 3.64. The van der Waals surface area contributed by atoms with E-state index in [0.29, 0.717) is 26.2 Å². The summed E-state index contributed by atoms with van der Waals surface area (Å²) in [6, 6.07) is 5.83. The molecule has 8 heteroatoms. The molecule has 1 aromatic carbocycles. The Morgan fingerprint density at radius 3 is 2.96 bits per heavy atom. The average molecular weight is 367 g/mol. The quantitative estimate of drug-likeness (QED) is 0.721. The van der Waals surface area contributed by atoms with E-state index >= 15 is 0 Å². The van der Waals surface area contributed by atoms with E-state index in [1.807, 2.05) is 39.8 Å². The molecule has 1 N–H and O–H groups in total. The first-order chi connectivity index (χ1) is 13.2. The number of benzene rings is 1. The highest BCUT2D eigenvalue weighted by molar-refractivity contribution is 5.75. The summed E-state index contributed by atoms with van der Waals surface area (Å²) in [5.41, 5.74) is 1.86. The highest BCUT2D eigenvalue weighted by atomic mass is 16.6. The molecule has 0 unspecified atom stereocenters. The Balaban J connectivity index is 1.53. The van der Waals surface area contributed by atoms with Gasteiger partial charge in [-0.15, -0.1) is 0 Å². The second-order valence-corrected chi connectivity index (χ2v) is 6.22. The van der Waals surface area contributed by atoms with Gasteiger partial charge < -0.3 is 14.8 Å². The monoisotopic (exact) mass is 367 g/mol. The molecule has 3 heterocycles. The van der Waals surface area contributed by atoms with E-state index < -0.39 is 0 Å². The maximum atomic E-state index is 11.3. The third-order valence-corrected chi connectivity index (χ3v) is 4.41. The lowest BCUT2D eigenvalue weighted by Crippen LogP contribution is -2.17. The molecule has 1 aliphatic heterocycles. The first-order valence-corrected chi connectivity index (χ1v) is 8.91. The lowest BCUT2D eigenvalue weighted by Gasteiger charge is -2.18. The molecule has 0 saturated carbocycles. The molecule has 0 aliphatic carbocycles. The fourth-order valence-electron chi connectivity index (χ4n) is 3.03. The normalized spacial score (nSPS) is 12.8. The number of imidazole rings is 1. The minimum atomic E-state index is 0.0397. The first kappa shape index (κ1) is 17.1. The van der Waals surface area contributed by atoms with Crippen molar-refractivity contribution in [2.75, 3.05) is 20.3 Å². The van der Waals surface area contributed by atoms with Crippen LogP contribution in [0, 0.1) is 0 Å². The number of nitrogens with one attached hydrogen (secondary N) is 1. The van der Waals surface area contributed by atoms with Gasteiger partial charge in [0.25, 0.3) is 0 Å². The average Bonchev–Trinajstić information content (AvgIpc) is 3.36. The Kier molecular flexibility index (Phi) is 4.78. The van der Waals surface area contributed by atoms with Crippen molar-refractivity contribution in [1.82, 2.24) is 24.6 Å². The fourth-order valence-corrected chi connectivity index (χ4v) is 3.03. The third-order valence-electron chi connectivity index (χ3n) is 4.41. The van der Waals surface area contributed by atoms with Crippen LogP contribution in [-0.4, -0.2) is 45.5 Å². The minimum absolute atomic E-state index is 0.0397. The molecule has 27 heavy (non-hydrogen) atoms. The van der Waals surface area contributed by atoms with Crippen LogP contribution >= 0.6 is 0 Å². The number of aryl methyl sites for hydroxylation is 1. The Bertz CT molecular complexity index is 946. The van der Waals surface area contributed by atoms with Crippen LogP contribution < -0.4 is 14.8 Å². The van der Waals surface area contributed by atoms with Crippen LogP contribution in [0.3, 0.4) is 0 Å². The lowest BCUT2D eigenvalue weighted by atomic mass is 10.2. The number of aromatic nitrogens is 4. The number of fused-ring (bicyclic) bond motifs is 1. The fraction of sp³-hybridized carbons (Fsp3) is 0.316. The Hall–Kier alpha value is -3.29. The lowest BCUT2D eigenvalue weighted by molar-refractivity contribution is -0.120. The van der Waals surface area contributed by atoms with Crippen LogP contribution in [0.4, 0.5) is 0 Å². The molecule has 0 fully saturated rings. The number of carbonyl (C=O) groups excluding carboxylic acids is 1. The maximum Gasteiger partial charge on any atom is 0.219 e. The van der Waals surface area contributed by atoms with E-state index in [2.05, 4.69) is 15.4 Å². The molecule has 2 aromatic heterocycles. The Morgan fingerprint density at radius 2 is 2.11 bits per heavy atom. The second kappa shape index (κ2) is 7.53. The summed E-state index contributed by atoms with van der Waals surface area (Å²) in [4.78, 5) is 15.8. The standard InChI is InChI=1S/C19H21N5O3/c1-20-18(25)3-2-7-23-13-15(12-22-23)24-8-6-21-19(24)14-4-5-16-17(11-14)27-10-9-26-16/h4-6,8,11-13H,2-3,7,9-10H2,1H3,(H,20,25). The van der Waals surface area contributed by atoms with Gasteiger partial charge in [0, 0.05) is 44.2 Å². The zero-order valence-corrected chi connectivity index (χ0v) is 15.1. The van der Waals surface area contributed by atoms with Crippen molar-refractivity contribution in [2.24, 2.45) is 0 Å². The molecule has 0 atom stereocenters. The minimum Gasteiger partial charge on any atom is -0.486 e. The summed E-state index contributed by atoms with van der Waals surface area (Å²) in [7, 11) is 1.65. The topological polar surface area (TPSA) is 83.2 Å². The number of nitrogens with zero attached hydrogens (tertiary/aromatic N) is 4. The van der Waals surface area contributed by atoms with E-state index in [4.69, 9.17) is 9.47 Å². The summed E-state index contributed by atoms with van der Waals surface area (Å²) in [5, 5.41) is 7.02. The highest BCUT2D eigenvalue weighted by Gasteiger charge is 2.15. The second-order valence-electron chi connectivity index (χ2n) is 6.22. The van der Waals surface area contributed by atoms with Gasteiger partial charge in [-0.25, -0.2) is 4.98 Å². The predicted molar refractivity (Wildman–Crippen MR) is 99.1 cm³/mol. The number of hydrogen-bond donors (Lipinski definition) is 1. The van der Waals surface area contributed by atoms with E-state index in [9.17, 15) is 4.79 Å². The van der Waals surface area contributed by atoms with Crippen molar-refractivity contribution in [3.63, 3.8) is 0 Å². The SMILES string of the molecule is CNC(=O)CCCn1cc(-n2ccnc2-c2ccc3c(c2)OCCO3)cn1. The number of carbonyl (C=O) groups is 1. The molecule has 0 spiro atoms. The van der Waals surface area contributed by atoms with Crippen molar-refractivity contribution >= 4 is 5.91 Å². The maximum absolute atomic E-state index is 11.3. The highest BCUT2D eigenvalue weighted by Crippen LogP contribution is 2.34. The van der Waals surface area contributed by atoms with Crippen molar-refractivity contribution in [3.8, 4) is 28.6 Å². The van der Waals surface area contributed by atoms with E-state index in [-0.39, 0.29) is 5.91 Å². The Labute approximate surface area is 156 Å². The van der Waals surface area contributed by atoms with Gasteiger partial charge in [-0.3, -0.25) is 14.0 Å². The van der Waals surface area contributed by atoms with E-state index in [1.54, 1.807) is 19.4 Å². The summed E-state index contributed by atoms with van der Waals surface area (Å²) in [6.07, 6.45) is 8.63. The zero-order valence-electron chi connectivity index (χ0n) is 15.1. The van der Waals surface area contributed by atoms with E-state index in [0.717, 1.165) is 35.0 Å². The van der Waals surface area contributed by atoms with Gasteiger partial charge in [-0.2, -0.15) is 5.10 Å². The van der Waals surface area contributed by atoms with Crippen LogP contribution in [-0.2, 0) is 11.3 Å². The predicted octanol–water partition coefficient (Wildman–Crippen LogP) is 2.03. The van der Waals surface area contributed by atoms with Gasteiger partial charge >= 0.3 is 0 Å². The van der Waals surface area contributed by atoms with Crippen molar-refractivity contribution in [1.29, 1.82) is 0 Å². The van der Waals surface area contributed by atoms with Crippen LogP contribution in [0.2, 0.25) is 0 Å². The molecule has 0 bridgehead atoms. The molecule has 1 amide bonds. The molecular weight excluding hydrogens is 346 g/mol. The number of hydrogen-bond acceptors (Lipinski definition) is 5. The molecule has 8 nitrogen and oxygen atoms in total. The number of amides is 1. The van der Waals surface area contributed by atoms with Crippen LogP contribution in [0.5, 0.6) is 11.5 Å². The van der Waals surface area contributed by atoms with Crippen LogP contribution in [0.25, 0.3) is 17.1 Å².